The molecule has 0 aromatic heterocycles. The molecule has 0 saturated heterocycles. The van der Waals surface area contributed by atoms with Gasteiger partial charge in [-0.3, -0.25) is 0 Å². The van der Waals surface area contributed by atoms with Crippen LogP contribution in [0.2, 0.25) is 0 Å². The van der Waals surface area contributed by atoms with Gasteiger partial charge in [0.2, 0.25) is 0 Å². The highest BCUT2D eigenvalue weighted by Crippen LogP contribution is 2.33. The van der Waals surface area contributed by atoms with E-state index in [9.17, 15) is 0 Å². The first-order chi connectivity index (χ1) is 7.75. The molecular weight excluding hydrogens is 198 g/mol. The highest BCUT2D eigenvalue weighted by atomic mass is 16.5. The topological polar surface area (TPSA) is 35.2 Å². The van der Waals surface area contributed by atoms with E-state index in [1.165, 1.54) is 36.8 Å². The average molecular weight is 217 g/mol. The zero-order valence-electron chi connectivity index (χ0n) is 9.67. The molecule has 0 heterocycles. The highest BCUT2D eigenvalue weighted by molar-refractivity contribution is 5.37. The number of nitrogens with two attached hydrogens (primary N) is 1. The van der Waals surface area contributed by atoms with Crippen LogP contribution in [-0.4, -0.2) is 12.1 Å². The van der Waals surface area contributed by atoms with Gasteiger partial charge in [0.25, 0.3) is 0 Å². The molecule has 16 heavy (non-hydrogen) atoms. The molecule has 2 nitrogen and oxygen atoms in total. The standard InChI is InChI=1S/C14H19NO/c15-14(7-8-14)10-16-13-6-5-11-3-1-2-4-12(11)9-13/h5-6,9H,1-4,7-8,10,15H2. The summed E-state index contributed by atoms with van der Waals surface area (Å²) in [5, 5.41) is 0. The maximum Gasteiger partial charge on any atom is 0.119 e. The molecule has 0 radical (unpaired) electrons. The molecule has 1 aromatic rings. The van der Waals surface area contributed by atoms with Gasteiger partial charge in [-0.25, -0.2) is 0 Å². The third-order valence-corrected chi connectivity index (χ3v) is 3.74. The van der Waals surface area contributed by atoms with E-state index >= 15 is 0 Å². The minimum Gasteiger partial charge on any atom is -0.492 e. The molecule has 2 aliphatic carbocycles. The normalized spacial score (nSPS) is 21.3. The highest BCUT2D eigenvalue weighted by Gasteiger charge is 2.39. The lowest BCUT2D eigenvalue weighted by atomic mass is 9.92. The van der Waals surface area contributed by atoms with Crippen LogP contribution in [0.5, 0.6) is 5.75 Å². The van der Waals surface area contributed by atoms with Gasteiger partial charge in [-0.2, -0.15) is 0 Å². The number of hydrogen-bond acceptors (Lipinski definition) is 2. The Kier molecular flexibility index (Phi) is 2.40. The van der Waals surface area contributed by atoms with Crippen LogP contribution in [0.3, 0.4) is 0 Å². The summed E-state index contributed by atoms with van der Waals surface area (Å²) in [4.78, 5) is 0. The van der Waals surface area contributed by atoms with Crippen LogP contribution in [0, 0.1) is 0 Å². The Morgan fingerprint density at radius 2 is 1.88 bits per heavy atom. The smallest absolute Gasteiger partial charge is 0.119 e. The Balaban J connectivity index is 1.70. The molecule has 2 heteroatoms. The molecule has 1 fully saturated rings. The molecule has 1 saturated carbocycles. The molecule has 0 unspecified atom stereocenters. The van der Waals surface area contributed by atoms with Gasteiger partial charge in [0.15, 0.2) is 0 Å². The van der Waals surface area contributed by atoms with Gasteiger partial charge in [0, 0.05) is 0 Å². The second-order valence-electron chi connectivity index (χ2n) is 5.29. The van der Waals surface area contributed by atoms with Gasteiger partial charge in [-0.1, -0.05) is 6.07 Å². The van der Waals surface area contributed by atoms with Crippen molar-refractivity contribution in [3.05, 3.63) is 29.3 Å². The largest absolute Gasteiger partial charge is 0.492 e. The molecule has 2 aliphatic rings. The quantitative estimate of drug-likeness (QED) is 0.844. The number of hydrogen-bond donors (Lipinski definition) is 1. The van der Waals surface area contributed by atoms with E-state index in [0.717, 1.165) is 18.6 Å². The lowest BCUT2D eigenvalue weighted by Crippen LogP contribution is -2.29. The third kappa shape index (κ3) is 2.07. The minimum atomic E-state index is -0.0180. The fraction of sp³-hybridized carbons (Fsp3) is 0.571. The van der Waals surface area contributed by atoms with Gasteiger partial charge in [0.1, 0.15) is 12.4 Å². The lowest BCUT2D eigenvalue weighted by molar-refractivity contribution is 0.279. The van der Waals surface area contributed by atoms with Crippen LogP contribution < -0.4 is 10.5 Å². The summed E-state index contributed by atoms with van der Waals surface area (Å²) in [6.07, 6.45) is 7.31. The number of rotatable bonds is 3. The van der Waals surface area contributed by atoms with Crippen molar-refractivity contribution in [3.8, 4) is 5.75 Å². The van der Waals surface area contributed by atoms with Crippen molar-refractivity contribution in [3.63, 3.8) is 0 Å². The Morgan fingerprint density at radius 3 is 2.62 bits per heavy atom. The van der Waals surface area contributed by atoms with Crippen LogP contribution in [0.4, 0.5) is 0 Å². The van der Waals surface area contributed by atoms with Crippen molar-refractivity contribution < 1.29 is 4.74 Å². The Labute approximate surface area is 96.8 Å². The van der Waals surface area contributed by atoms with Crippen molar-refractivity contribution in [2.24, 2.45) is 5.73 Å². The molecule has 3 rings (SSSR count). The van der Waals surface area contributed by atoms with E-state index in [4.69, 9.17) is 10.5 Å². The molecule has 2 N–H and O–H groups in total. The van der Waals surface area contributed by atoms with Crippen LogP contribution >= 0.6 is 0 Å². The van der Waals surface area contributed by atoms with E-state index in [1.54, 1.807) is 0 Å². The van der Waals surface area contributed by atoms with Crippen LogP contribution in [0.25, 0.3) is 0 Å². The maximum atomic E-state index is 6.01. The Bertz CT molecular complexity index is 396. The number of aryl methyl sites for hydroxylation is 2. The van der Waals surface area contributed by atoms with Crippen molar-refractivity contribution in [1.29, 1.82) is 0 Å². The molecule has 0 spiro atoms. The van der Waals surface area contributed by atoms with Crippen molar-refractivity contribution in [1.82, 2.24) is 0 Å². The summed E-state index contributed by atoms with van der Waals surface area (Å²) in [5.74, 6) is 0.998. The van der Waals surface area contributed by atoms with Crippen LogP contribution in [0.15, 0.2) is 18.2 Å². The van der Waals surface area contributed by atoms with E-state index in [1.807, 2.05) is 0 Å². The molecule has 0 aliphatic heterocycles. The predicted molar refractivity (Wildman–Crippen MR) is 64.7 cm³/mol. The van der Waals surface area contributed by atoms with Gasteiger partial charge >= 0.3 is 0 Å². The number of ether oxygens (including phenoxy) is 1. The summed E-state index contributed by atoms with van der Waals surface area (Å²) >= 11 is 0. The number of fused-ring (bicyclic) bond motifs is 1. The fourth-order valence-electron chi connectivity index (χ4n) is 2.33. The van der Waals surface area contributed by atoms with Gasteiger partial charge in [0.05, 0.1) is 5.54 Å². The zero-order valence-corrected chi connectivity index (χ0v) is 9.67. The zero-order chi connectivity index (χ0) is 11.0. The van der Waals surface area contributed by atoms with Crippen LogP contribution in [-0.2, 0) is 12.8 Å². The molecule has 1 aromatic carbocycles. The second-order valence-corrected chi connectivity index (χ2v) is 5.29. The van der Waals surface area contributed by atoms with Gasteiger partial charge in [-0.15, -0.1) is 0 Å². The average Bonchev–Trinajstić information content (AvgIpc) is 3.05. The van der Waals surface area contributed by atoms with Crippen molar-refractivity contribution >= 4 is 0 Å². The second kappa shape index (κ2) is 3.77. The summed E-state index contributed by atoms with van der Waals surface area (Å²) in [6.45, 7) is 0.672. The first kappa shape index (κ1) is 10.2. The summed E-state index contributed by atoms with van der Waals surface area (Å²) < 4.78 is 5.77. The maximum absolute atomic E-state index is 6.01. The molecule has 0 amide bonds. The summed E-state index contributed by atoms with van der Waals surface area (Å²) in [6, 6.07) is 6.52. The summed E-state index contributed by atoms with van der Waals surface area (Å²) in [7, 11) is 0. The van der Waals surface area contributed by atoms with Crippen LogP contribution in [0.1, 0.15) is 36.8 Å². The van der Waals surface area contributed by atoms with Gasteiger partial charge in [-0.05, 0) is 61.8 Å². The lowest BCUT2D eigenvalue weighted by Gasteiger charge is -2.17. The van der Waals surface area contributed by atoms with Gasteiger partial charge < -0.3 is 10.5 Å². The Morgan fingerprint density at radius 1 is 1.12 bits per heavy atom. The van der Waals surface area contributed by atoms with E-state index < -0.39 is 0 Å². The first-order valence-corrected chi connectivity index (χ1v) is 6.29. The number of benzene rings is 1. The SMILES string of the molecule is NC1(COc2ccc3c(c2)CCCC3)CC1. The molecular formula is C14H19NO. The predicted octanol–water partition coefficient (Wildman–Crippen LogP) is 2.44. The fourth-order valence-corrected chi connectivity index (χ4v) is 2.33. The molecule has 0 atom stereocenters. The van der Waals surface area contributed by atoms with Crippen molar-refractivity contribution in [2.45, 2.75) is 44.1 Å². The first-order valence-electron chi connectivity index (χ1n) is 6.29. The van der Waals surface area contributed by atoms with E-state index in [-0.39, 0.29) is 5.54 Å². The minimum absolute atomic E-state index is 0.0180. The summed E-state index contributed by atoms with van der Waals surface area (Å²) in [5.41, 5.74) is 8.97. The molecule has 0 bridgehead atoms. The van der Waals surface area contributed by atoms with E-state index in [2.05, 4.69) is 18.2 Å². The monoisotopic (exact) mass is 217 g/mol. The molecule has 86 valence electrons. The van der Waals surface area contributed by atoms with Crippen molar-refractivity contribution in [2.75, 3.05) is 6.61 Å². The van der Waals surface area contributed by atoms with E-state index in [0.29, 0.717) is 6.61 Å². The Hall–Kier alpha value is -1.02. The third-order valence-electron chi connectivity index (χ3n) is 3.74.